The monoisotopic (exact) mass is 363 g/mol. The van der Waals surface area contributed by atoms with Gasteiger partial charge in [0.05, 0.1) is 5.92 Å². The minimum Gasteiger partial charge on any atom is -0.326 e. The first-order chi connectivity index (χ1) is 13.8. The van der Waals surface area contributed by atoms with E-state index in [2.05, 4.69) is 72.0 Å². The van der Waals surface area contributed by atoms with Crippen molar-refractivity contribution in [1.82, 2.24) is 0 Å². The Kier molecular flexibility index (Phi) is 3.98. The highest BCUT2D eigenvalue weighted by Crippen LogP contribution is 2.59. The second kappa shape index (κ2) is 6.65. The van der Waals surface area contributed by atoms with Crippen LogP contribution in [0.1, 0.15) is 17.5 Å². The molecule has 0 aliphatic heterocycles. The van der Waals surface area contributed by atoms with Crippen molar-refractivity contribution in [2.75, 3.05) is 5.32 Å². The molecule has 2 heteroatoms. The summed E-state index contributed by atoms with van der Waals surface area (Å²) < 4.78 is 0. The van der Waals surface area contributed by atoms with Gasteiger partial charge in [0.25, 0.3) is 0 Å². The SMILES string of the molecule is O=C(Nc1ccc2ccccc2c1)[C@H]1CC1(c1ccccc1)c1ccccc1. The van der Waals surface area contributed by atoms with Crippen LogP contribution in [-0.4, -0.2) is 5.91 Å². The molecule has 0 bridgehead atoms. The number of benzene rings is 4. The van der Waals surface area contributed by atoms with E-state index in [-0.39, 0.29) is 17.2 Å². The van der Waals surface area contributed by atoms with Crippen molar-refractivity contribution in [1.29, 1.82) is 0 Å². The molecule has 0 unspecified atom stereocenters. The molecule has 4 aromatic rings. The maximum atomic E-state index is 13.2. The zero-order valence-electron chi connectivity index (χ0n) is 15.5. The maximum Gasteiger partial charge on any atom is 0.228 e. The third kappa shape index (κ3) is 2.78. The van der Waals surface area contributed by atoms with Gasteiger partial charge in [-0.3, -0.25) is 4.79 Å². The Hall–Kier alpha value is -3.39. The third-order valence-corrected chi connectivity index (χ3v) is 5.87. The molecular weight excluding hydrogens is 342 g/mol. The summed E-state index contributed by atoms with van der Waals surface area (Å²) in [5, 5.41) is 5.46. The predicted octanol–water partition coefficient (Wildman–Crippen LogP) is 5.78. The summed E-state index contributed by atoms with van der Waals surface area (Å²) in [7, 11) is 0. The second-order valence-corrected chi connectivity index (χ2v) is 7.51. The topological polar surface area (TPSA) is 29.1 Å². The first kappa shape index (κ1) is 16.8. The normalized spacial score (nSPS) is 17.2. The fourth-order valence-corrected chi connectivity index (χ4v) is 4.35. The number of carbonyl (C=O) groups excluding carboxylic acids is 1. The van der Waals surface area contributed by atoms with Crippen molar-refractivity contribution in [3.8, 4) is 0 Å². The average Bonchev–Trinajstić information content (AvgIpc) is 3.52. The lowest BCUT2D eigenvalue weighted by Gasteiger charge is -2.19. The largest absolute Gasteiger partial charge is 0.326 e. The van der Waals surface area contributed by atoms with Crippen LogP contribution in [0.4, 0.5) is 5.69 Å². The summed E-state index contributed by atoms with van der Waals surface area (Å²) in [5.74, 6) is 0.0201. The van der Waals surface area contributed by atoms with Crippen LogP contribution in [0.5, 0.6) is 0 Å². The molecule has 1 aliphatic rings. The van der Waals surface area contributed by atoms with Gasteiger partial charge in [-0.05, 0) is 40.5 Å². The molecule has 0 aromatic heterocycles. The van der Waals surface area contributed by atoms with Crippen LogP contribution in [0.3, 0.4) is 0 Å². The van der Waals surface area contributed by atoms with Crippen LogP contribution in [-0.2, 0) is 10.2 Å². The van der Waals surface area contributed by atoms with Gasteiger partial charge in [-0.25, -0.2) is 0 Å². The van der Waals surface area contributed by atoms with Gasteiger partial charge in [0.2, 0.25) is 5.91 Å². The molecule has 4 aromatic carbocycles. The van der Waals surface area contributed by atoms with Crippen LogP contribution in [0.2, 0.25) is 0 Å². The molecule has 0 saturated heterocycles. The van der Waals surface area contributed by atoms with Gasteiger partial charge in [0.15, 0.2) is 0 Å². The molecule has 1 aliphatic carbocycles. The molecule has 1 fully saturated rings. The molecule has 136 valence electrons. The highest BCUT2D eigenvalue weighted by molar-refractivity contribution is 5.99. The Labute approximate surface area is 164 Å². The minimum atomic E-state index is -0.233. The highest BCUT2D eigenvalue weighted by Gasteiger charge is 2.60. The summed E-state index contributed by atoms with van der Waals surface area (Å²) in [4.78, 5) is 13.2. The van der Waals surface area contributed by atoms with Gasteiger partial charge in [-0.1, -0.05) is 91.0 Å². The van der Waals surface area contributed by atoms with Gasteiger partial charge < -0.3 is 5.32 Å². The van der Waals surface area contributed by atoms with Crippen LogP contribution in [0.25, 0.3) is 10.8 Å². The van der Waals surface area contributed by atoms with Gasteiger partial charge >= 0.3 is 0 Å². The summed E-state index contributed by atoms with van der Waals surface area (Å²) in [6.45, 7) is 0. The lowest BCUT2D eigenvalue weighted by Crippen LogP contribution is -2.22. The molecule has 0 spiro atoms. The van der Waals surface area contributed by atoms with Gasteiger partial charge in [0.1, 0.15) is 0 Å². The van der Waals surface area contributed by atoms with Gasteiger partial charge in [0, 0.05) is 11.1 Å². The molecule has 2 nitrogen and oxygen atoms in total. The zero-order valence-corrected chi connectivity index (χ0v) is 15.5. The first-order valence-corrected chi connectivity index (χ1v) is 9.68. The molecule has 0 radical (unpaired) electrons. The Morgan fingerprint density at radius 3 is 1.93 bits per heavy atom. The quantitative estimate of drug-likeness (QED) is 0.489. The summed E-state index contributed by atoms with van der Waals surface area (Å²) in [6.07, 6.45) is 0.834. The van der Waals surface area contributed by atoms with E-state index in [0.29, 0.717) is 0 Å². The van der Waals surface area contributed by atoms with E-state index in [9.17, 15) is 4.79 Å². The number of amides is 1. The van der Waals surface area contributed by atoms with Crippen molar-refractivity contribution in [3.05, 3.63) is 114 Å². The van der Waals surface area contributed by atoms with E-state index in [1.807, 2.05) is 36.4 Å². The maximum absolute atomic E-state index is 13.2. The zero-order chi connectivity index (χ0) is 19.0. The number of rotatable bonds is 4. The summed E-state index contributed by atoms with van der Waals surface area (Å²) in [6, 6.07) is 35.1. The Morgan fingerprint density at radius 2 is 1.29 bits per heavy atom. The van der Waals surface area contributed by atoms with E-state index >= 15 is 0 Å². The molecule has 1 atom stereocenters. The second-order valence-electron chi connectivity index (χ2n) is 7.51. The van der Waals surface area contributed by atoms with Crippen molar-refractivity contribution in [2.45, 2.75) is 11.8 Å². The molecule has 28 heavy (non-hydrogen) atoms. The number of hydrogen-bond acceptors (Lipinski definition) is 1. The standard InChI is InChI=1S/C26H21NO/c28-25(27-23-16-15-19-9-7-8-10-20(19)17-23)24-18-26(24,21-11-3-1-4-12-21)22-13-5-2-6-14-22/h1-17,24H,18H2,(H,27,28)/t24-/m1/s1. The molecule has 1 saturated carbocycles. The van der Waals surface area contributed by atoms with E-state index in [1.165, 1.54) is 16.5 Å². The number of carbonyl (C=O) groups is 1. The van der Waals surface area contributed by atoms with Crippen molar-refractivity contribution < 1.29 is 4.79 Å². The van der Waals surface area contributed by atoms with Crippen LogP contribution in [0.15, 0.2) is 103 Å². The van der Waals surface area contributed by atoms with E-state index in [0.717, 1.165) is 17.5 Å². The molecule has 1 amide bonds. The van der Waals surface area contributed by atoms with E-state index < -0.39 is 0 Å². The Bertz CT molecular complexity index is 1100. The predicted molar refractivity (Wildman–Crippen MR) is 114 cm³/mol. The van der Waals surface area contributed by atoms with Crippen LogP contribution < -0.4 is 5.32 Å². The van der Waals surface area contributed by atoms with Crippen LogP contribution in [0, 0.1) is 5.92 Å². The Morgan fingerprint density at radius 1 is 0.714 bits per heavy atom. The highest BCUT2D eigenvalue weighted by atomic mass is 16.2. The lowest BCUT2D eigenvalue weighted by molar-refractivity contribution is -0.117. The van der Waals surface area contributed by atoms with Crippen molar-refractivity contribution in [2.24, 2.45) is 5.92 Å². The number of hydrogen-bond donors (Lipinski definition) is 1. The lowest BCUT2D eigenvalue weighted by atomic mass is 9.85. The van der Waals surface area contributed by atoms with Crippen LogP contribution >= 0.6 is 0 Å². The van der Waals surface area contributed by atoms with Crippen molar-refractivity contribution >= 4 is 22.4 Å². The van der Waals surface area contributed by atoms with E-state index in [1.54, 1.807) is 0 Å². The smallest absolute Gasteiger partial charge is 0.228 e. The average molecular weight is 363 g/mol. The third-order valence-electron chi connectivity index (χ3n) is 5.87. The molecule has 1 N–H and O–H groups in total. The fraction of sp³-hybridized carbons (Fsp3) is 0.115. The minimum absolute atomic E-state index is 0.0660. The summed E-state index contributed by atoms with van der Waals surface area (Å²) >= 11 is 0. The molecule has 0 heterocycles. The van der Waals surface area contributed by atoms with Gasteiger partial charge in [-0.2, -0.15) is 0 Å². The number of nitrogens with one attached hydrogen (secondary N) is 1. The molecular formula is C26H21NO. The van der Waals surface area contributed by atoms with Gasteiger partial charge in [-0.15, -0.1) is 0 Å². The molecule has 5 rings (SSSR count). The fourth-order valence-electron chi connectivity index (χ4n) is 4.35. The first-order valence-electron chi connectivity index (χ1n) is 9.68. The number of anilines is 1. The van der Waals surface area contributed by atoms with E-state index in [4.69, 9.17) is 0 Å². The number of fused-ring (bicyclic) bond motifs is 1. The summed E-state index contributed by atoms with van der Waals surface area (Å²) in [5.41, 5.74) is 3.04. The van der Waals surface area contributed by atoms with Crippen molar-refractivity contribution in [3.63, 3.8) is 0 Å². The Balaban J connectivity index is 1.46.